The number of nitrogens with zero attached hydrogens (tertiary/aromatic N) is 6. The van der Waals surface area contributed by atoms with Gasteiger partial charge in [0.05, 0.1) is 0 Å². The van der Waals surface area contributed by atoms with Crippen LogP contribution in [0, 0.1) is 0 Å². The quantitative estimate of drug-likeness (QED) is 0.574. The Balaban J connectivity index is 1.49. The van der Waals surface area contributed by atoms with Gasteiger partial charge in [-0.2, -0.15) is 24.7 Å². The van der Waals surface area contributed by atoms with E-state index in [0.717, 1.165) is 24.5 Å². The zero-order chi connectivity index (χ0) is 16.9. The van der Waals surface area contributed by atoms with Gasteiger partial charge in [-0.3, -0.25) is 5.43 Å². The monoisotopic (exact) mass is 333 g/mol. The van der Waals surface area contributed by atoms with E-state index in [0.29, 0.717) is 11.6 Å². The molecule has 1 saturated heterocycles. The summed E-state index contributed by atoms with van der Waals surface area (Å²) < 4.78 is 1.77. The van der Waals surface area contributed by atoms with Crippen LogP contribution >= 0.6 is 0 Å². The van der Waals surface area contributed by atoms with Crippen molar-refractivity contribution in [3.8, 4) is 0 Å². The van der Waals surface area contributed by atoms with E-state index in [2.05, 4.69) is 30.5 Å². The third-order valence-corrected chi connectivity index (χ3v) is 4.09. The molecule has 126 valence electrons. The molecule has 4 rings (SSSR count). The summed E-state index contributed by atoms with van der Waals surface area (Å²) in [5.74, 6) is 2.23. The van der Waals surface area contributed by atoms with E-state index in [1.165, 1.54) is 19.2 Å². The Morgan fingerprint density at radius 2 is 1.96 bits per heavy atom. The third kappa shape index (κ3) is 3.50. The molecule has 0 unspecified atom stereocenters. The van der Waals surface area contributed by atoms with E-state index in [1.54, 1.807) is 10.7 Å². The Bertz CT molecular complexity index is 892. The number of hydrazone groups is 1. The molecule has 0 saturated carbocycles. The number of hydrogen-bond donors (Lipinski definition) is 1. The summed E-state index contributed by atoms with van der Waals surface area (Å²) >= 11 is 0. The van der Waals surface area contributed by atoms with Gasteiger partial charge in [0.1, 0.15) is 12.1 Å². The topological polar surface area (TPSA) is 70.7 Å². The zero-order valence-corrected chi connectivity index (χ0v) is 13.8. The summed E-state index contributed by atoms with van der Waals surface area (Å²) in [6.45, 7) is 2.06. The number of rotatable bonds is 5. The third-order valence-electron chi connectivity index (χ3n) is 4.09. The SMILES string of the molecule is C(=C\c1ccccc1)/C=N/Nc1cc(N2CCCC2)n2ncnc2n1. The highest BCUT2D eigenvalue weighted by molar-refractivity contribution is 5.78. The van der Waals surface area contributed by atoms with Crippen LogP contribution in [0.4, 0.5) is 11.6 Å². The highest BCUT2D eigenvalue weighted by atomic mass is 15.4. The first-order chi connectivity index (χ1) is 12.4. The normalized spacial score (nSPS) is 15.0. The van der Waals surface area contributed by atoms with E-state index in [4.69, 9.17) is 0 Å². The van der Waals surface area contributed by atoms with Crippen LogP contribution in [0.15, 0.2) is 53.9 Å². The summed E-state index contributed by atoms with van der Waals surface area (Å²) in [4.78, 5) is 10.9. The van der Waals surface area contributed by atoms with Crippen molar-refractivity contribution in [1.29, 1.82) is 0 Å². The molecule has 0 aliphatic carbocycles. The van der Waals surface area contributed by atoms with Gasteiger partial charge in [-0.05, 0) is 24.5 Å². The van der Waals surface area contributed by atoms with Crippen molar-refractivity contribution in [2.24, 2.45) is 5.10 Å². The fourth-order valence-corrected chi connectivity index (χ4v) is 2.89. The van der Waals surface area contributed by atoms with Crippen molar-refractivity contribution in [2.45, 2.75) is 12.8 Å². The lowest BCUT2D eigenvalue weighted by Gasteiger charge is -2.18. The average Bonchev–Trinajstić information content (AvgIpc) is 3.33. The smallest absolute Gasteiger partial charge is 0.256 e. The maximum atomic E-state index is 4.44. The van der Waals surface area contributed by atoms with Crippen LogP contribution in [0.1, 0.15) is 18.4 Å². The molecule has 3 heterocycles. The van der Waals surface area contributed by atoms with Crippen LogP contribution in [-0.2, 0) is 0 Å². The van der Waals surface area contributed by atoms with E-state index in [9.17, 15) is 0 Å². The van der Waals surface area contributed by atoms with Gasteiger partial charge < -0.3 is 4.90 Å². The van der Waals surface area contributed by atoms with E-state index in [-0.39, 0.29) is 0 Å². The minimum Gasteiger partial charge on any atom is -0.356 e. The van der Waals surface area contributed by atoms with Crippen LogP contribution in [0.2, 0.25) is 0 Å². The second-order valence-electron chi connectivity index (χ2n) is 5.83. The first kappa shape index (κ1) is 15.3. The Kier molecular flexibility index (Phi) is 4.37. The van der Waals surface area contributed by atoms with Crippen LogP contribution in [0.3, 0.4) is 0 Å². The molecule has 0 radical (unpaired) electrons. The molecule has 1 aliphatic heterocycles. The highest BCUT2D eigenvalue weighted by Crippen LogP contribution is 2.22. The largest absolute Gasteiger partial charge is 0.356 e. The highest BCUT2D eigenvalue weighted by Gasteiger charge is 2.17. The van der Waals surface area contributed by atoms with Crippen LogP contribution in [-0.4, -0.2) is 38.9 Å². The first-order valence-corrected chi connectivity index (χ1v) is 8.37. The maximum Gasteiger partial charge on any atom is 0.256 e. The zero-order valence-electron chi connectivity index (χ0n) is 13.8. The minimum absolute atomic E-state index is 0.571. The van der Waals surface area contributed by atoms with Crippen molar-refractivity contribution in [3.05, 3.63) is 54.4 Å². The Labute approximate surface area is 145 Å². The number of allylic oxidation sites excluding steroid dienone is 1. The molecule has 1 aromatic carbocycles. The van der Waals surface area contributed by atoms with Crippen LogP contribution in [0.5, 0.6) is 0 Å². The average molecular weight is 333 g/mol. The van der Waals surface area contributed by atoms with E-state index in [1.807, 2.05) is 48.6 Å². The Morgan fingerprint density at radius 1 is 1.12 bits per heavy atom. The van der Waals surface area contributed by atoms with Crippen molar-refractivity contribution in [1.82, 2.24) is 19.6 Å². The van der Waals surface area contributed by atoms with Crippen molar-refractivity contribution in [3.63, 3.8) is 0 Å². The Morgan fingerprint density at radius 3 is 2.80 bits per heavy atom. The van der Waals surface area contributed by atoms with Gasteiger partial charge >= 0.3 is 0 Å². The summed E-state index contributed by atoms with van der Waals surface area (Å²) in [5, 5.41) is 8.49. The molecule has 0 bridgehead atoms. The van der Waals surface area contributed by atoms with Crippen molar-refractivity contribution < 1.29 is 0 Å². The second kappa shape index (κ2) is 7.12. The van der Waals surface area contributed by atoms with Gasteiger partial charge in [0.2, 0.25) is 0 Å². The number of benzene rings is 1. The second-order valence-corrected chi connectivity index (χ2v) is 5.83. The molecular formula is C18H19N7. The lowest BCUT2D eigenvalue weighted by atomic mass is 10.2. The molecule has 2 aromatic heterocycles. The van der Waals surface area contributed by atoms with Crippen molar-refractivity contribution in [2.75, 3.05) is 23.4 Å². The van der Waals surface area contributed by atoms with E-state index >= 15 is 0 Å². The molecule has 1 N–H and O–H groups in total. The van der Waals surface area contributed by atoms with E-state index < -0.39 is 0 Å². The number of anilines is 2. The molecular weight excluding hydrogens is 314 g/mol. The Hall–Kier alpha value is -3.22. The van der Waals surface area contributed by atoms with Gasteiger partial charge in [0, 0.05) is 25.4 Å². The van der Waals surface area contributed by atoms with Gasteiger partial charge in [-0.15, -0.1) is 0 Å². The van der Waals surface area contributed by atoms with Gasteiger partial charge in [0.15, 0.2) is 5.82 Å². The molecule has 1 fully saturated rings. The summed E-state index contributed by atoms with van der Waals surface area (Å²) in [7, 11) is 0. The predicted molar refractivity (Wildman–Crippen MR) is 99.8 cm³/mol. The predicted octanol–water partition coefficient (Wildman–Crippen LogP) is 2.84. The summed E-state index contributed by atoms with van der Waals surface area (Å²) in [6, 6.07) is 12.1. The molecule has 3 aromatic rings. The van der Waals surface area contributed by atoms with Gasteiger partial charge in [-0.1, -0.05) is 36.4 Å². The number of nitrogens with one attached hydrogen (secondary N) is 1. The fraction of sp³-hybridized carbons (Fsp3) is 0.222. The molecule has 1 aliphatic rings. The maximum absolute atomic E-state index is 4.44. The summed E-state index contributed by atoms with van der Waals surface area (Å²) in [5.41, 5.74) is 4.11. The van der Waals surface area contributed by atoms with Gasteiger partial charge in [0.25, 0.3) is 5.78 Å². The molecule has 25 heavy (non-hydrogen) atoms. The number of aromatic nitrogens is 4. The van der Waals surface area contributed by atoms with Crippen LogP contribution in [0.25, 0.3) is 11.9 Å². The molecule has 7 heteroatoms. The van der Waals surface area contributed by atoms with Gasteiger partial charge in [-0.25, -0.2) is 0 Å². The molecule has 7 nitrogen and oxygen atoms in total. The summed E-state index contributed by atoms with van der Waals surface area (Å²) in [6.07, 6.45) is 9.51. The first-order valence-electron chi connectivity index (χ1n) is 8.37. The lowest BCUT2D eigenvalue weighted by molar-refractivity contribution is 0.850. The number of hydrogen-bond acceptors (Lipinski definition) is 6. The minimum atomic E-state index is 0.571. The lowest BCUT2D eigenvalue weighted by Crippen LogP contribution is -2.21. The van der Waals surface area contributed by atoms with Crippen molar-refractivity contribution >= 4 is 29.7 Å². The fourth-order valence-electron chi connectivity index (χ4n) is 2.89. The van der Waals surface area contributed by atoms with Crippen LogP contribution < -0.4 is 10.3 Å². The number of fused-ring (bicyclic) bond motifs is 1. The standard InChI is InChI=1S/C18H19N7/c1-2-7-15(8-3-1)9-6-10-20-23-16-13-17(24-11-4-5-12-24)25-18(22-16)19-14-21-25/h1-3,6-10,13-14H,4-5,11-12H2,(H,19,21,22,23)/b9-6+,20-10+. The molecule has 0 atom stereocenters. The molecule has 0 amide bonds. The molecule has 0 spiro atoms.